The quantitative estimate of drug-likeness (QED) is 0.192. The van der Waals surface area contributed by atoms with Gasteiger partial charge in [0.25, 0.3) is 0 Å². The highest BCUT2D eigenvalue weighted by Gasteiger charge is 2.31. The largest absolute Gasteiger partial charge is 0.573 e. The second-order valence-corrected chi connectivity index (χ2v) is 12.0. The number of hydrogen-bond donors (Lipinski definition) is 1. The van der Waals surface area contributed by atoms with E-state index in [2.05, 4.69) is 62.1 Å². The minimum atomic E-state index is -4.74. The number of aromatic nitrogens is 3. The molecule has 1 atom stereocenters. The van der Waals surface area contributed by atoms with Gasteiger partial charge in [-0.05, 0) is 80.1 Å². The molecule has 0 bridgehead atoms. The molecule has 0 saturated carbocycles. The number of amides is 2. The number of urea groups is 1. The summed E-state index contributed by atoms with van der Waals surface area (Å²) in [5, 5.41) is 8.21. The highest BCUT2D eigenvalue weighted by Crippen LogP contribution is 2.31. The number of rotatable bonds is 10. The van der Waals surface area contributed by atoms with Crippen LogP contribution >= 0.6 is 11.8 Å². The molecule has 3 aromatic carbocycles. The van der Waals surface area contributed by atoms with Gasteiger partial charge < -0.3 is 15.0 Å². The summed E-state index contributed by atoms with van der Waals surface area (Å²) in [6.45, 7) is 7.05. The van der Waals surface area contributed by atoms with Gasteiger partial charge in [-0.1, -0.05) is 61.5 Å². The van der Waals surface area contributed by atoms with E-state index in [4.69, 9.17) is 0 Å². The highest BCUT2D eigenvalue weighted by atomic mass is 32.2. The summed E-state index contributed by atoms with van der Waals surface area (Å²) in [6, 6.07) is 19.3. The van der Waals surface area contributed by atoms with E-state index in [-0.39, 0.29) is 17.8 Å². The van der Waals surface area contributed by atoms with Gasteiger partial charge in [0.15, 0.2) is 11.0 Å². The lowest BCUT2D eigenvalue weighted by Crippen LogP contribution is -2.33. The topological polar surface area (TPSA) is 84.6 Å². The average Bonchev–Trinajstić information content (AvgIpc) is 3.67. The maximum absolute atomic E-state index is 12.8. The number of aryl methyl sites for hydroxylation is 3. The van der Waals surface area contributed by atoms with Crippen LogP contribution in [0.3, 0.4) is 0 Å². The number of benzene rings is 3. The number of alkyl halides is 3. The third-order valence-electron chi connectivity index (χ3n) is 7.30. The van der Waals surface area contributed by atoms with E-state index in [9.17, 15) is 18.0 Å². The number of ether oxygens (including phenoxy) is 1. The van der Waals surface area contributed by atoms with Crippen LogP contribution in [-0.2, 0) is 12.8 Å². The minimum Gasteiger partial charge on any atom is -0.406 e. The SMILES string of the molecule is CCCc1ccc(C)cc1N1CCS/C1=N\C(=O)NC(C)CCc1ccc(-c2ncn(-c3ccc(OC(F)(F)F)cc3)n2)cc1. The van der Waals surface area contributed by atoms with Gasteiger partial charge in [0, 0.05) is 29.6 Å². The molecule has 8 nitrogen and oxygen atoms in total. The zero-order valence-corrected chi connectivity index (χ0v) is 26.2. The lowest BCUT2D eigenvalue weighted by Gasteiger charge is -2.22. The molecule has 5 rings (SSSR count). The van der Waals surface area contributed by atoms with Crippen molar-refractivity contribution in [1.29, 1.82) is 0 Å². The Morgan fingerprint density at radius 1 is 1.09 bits per heavy atom. The maximum Gasteiger partial charge on any atom is 0.573 e. The second-order valence-electron chi connectivity index (χ2n) is 10.9. The number of nitrogens with one attached hydrogen (secondary N) is 1. The fraction of sp³-hybridized carbons (Fsp3) is 0.333. The van der Waals surface area contributed by atoms with E-state index in [0.717, 1.165) is 60.0 Å². The van der Waals surface area contributed by atoms with Gasteiger partial charge in [-0.3, -0.25) is 0 Å². The Labute approximate surface area is 264 Å². The Kier molecular flexibility index (Phi) is 10.1. The molecule has 236 valence electrons. The number of aliphatic imine (C=N–C) groups is 1. The number of anilines is 1. The number of carbonyl (C=O) groups is 1. The van der Waals surface area contributed by atoms with Crippen LogP contribution in [0, 0.1) is 6.92 Å². The van der Waals surface area contributed by atoms with Crippen LogP contribution < -0.4 is 15.0 Å². The van der Waals surface area contributed by atoms with Gasteiger partial charge >= 0.3 is 12.4 Å². The molecule has 0 aliphatic carbocycles. The minimum absolute atomic E-state index is 0.0683. The van der Waals surface area contributed by atoms with E-state index in [1.807, 2.05) is 31.2 Å². The molecule has 1 fully saturated rings. The van der Waals surface area contributed by atoms with Crippen molar-refractivity contribution in [1.82, 2.24) is 20.1 Å². The van der Waals surface area contributed by atoms with Crippen molar-refractivity contribution in [2.24, 2.45) is 4.99 Å². The molecular formula is C33H35F3N6O2S. The number of carbonyl (C=O) groups excluding carboxylic acids is 1. The van der Waals surface area contributed by atoms with Crippen LogP contribution in [0.5, 0.6) is 5.75 Å². The summed E-state index contributed by atoms with van der Waals surface area (Å²) in [6.07, 6.45) is 0.298. The molecule has 1 N–H and O–H groups in total. The average molecular weight is 637 g/mol. The Balaban J connectivity index is 1.14. The van der Waals surface area contributed by atoms with Crippen molar-refractivity contribution in [2.45, 2.75) is 58.9 Å². The molecule has 1 aliphatic heterocycles. The van der Waals surface area contributed by atoms with Gasteiger partial charge in [0.2, 0.25) is 0 Å². The first-order valence-corrected chi connectivity index (χ1v) is 15.8. The van der Waals surface area contributed by atoms with Gasteiger partial charge in [0.05, 0.1) is 5.69 Å². The summed E-state index contributed by atoms with van der Waals surface area (Å²) in [5.74, 6) is 1.08. The molecule has 12 heteroatoms. The standard InChI is InChI=1S/C33H35F3N6O2S/c1-4-5-25-11-6-22(2)20-29(25)41-18-19-45-32(41)39-31(43)38-23(3)7-8-24-9-12-26(13-10-24)30-37-21-42(40-30)27-14-16-28(17-15-27)44-33(34,35)36/h6,9-17,20-21,23H,4-5,7-8,18-19H2,1-3H3,(H,38,43)/b39-32-. The van der Waals surface area contributed by atoms with Crippen molar-refractivity contribution in [3.05, 3.63) is 89.7 Å². The molecule has 2 amide bonds. The normalized spacial score (nSPS) is 15.0. The predicted molar refractivity (Wildman–Crippen MR) is 172 cm³/mol. The molecule has 1 unspecified atom stereocenters. The predicted octanol–water partition coefficient (Wildman–Crippen LogP) is 7.73. The molecule has 1 aliphatic rings. The Morgan fingerprint density at radius 2 is 1.84 bits per heavy atom. The number of amidine groups is 1. The van der Waals surface area contributed by atoms with Crippen molar-refractivity contribution < 1.29 is 22.7 Å². The zero-order valence-electron chi connectivity index (χ0n) is 25.3. The van der Waals surface area contributed by atoms with Crippen molar-refractivity contribution in [3.8, 4) is 22.8 Å². The van der Waals surface area contributed by atoms with E-state index in [0.29, 0.717) is 11.5 Å². The van der Waals surface area contributed by atoms with E-state index in [1.165, 1.54) is 46.4 Å². The molecule has 0 spiro atoms. The summed E-state index contributed by atoms with van der Waals surface area (Å²) in [5.41, 5.74) is 6.06. The Bertz CT molecular complexity index is 1640. The summed E-state index contributed by atoms with van der Waals surface area (Å²) in [4.78, 5) is 23.8. The van der Waals surface area contributed by atoms with Crippen molar-refractivity contribution in [2.75, 3.05) is 17.2 Å². The first-order chi connectivity index (χ1) is 21.6. The lowest BCUT2D eigenvalue weighted by molar-refractivity contribution is -0.274. The van der Waals surface area contributed by atoms with Crippen LogP contribution in [0.25, 0.3) is 17.1 Å². The van der Waals surface area contributed by atoms with E-state index in [1.54, 1.807) is 11.8 Å². The zero-order chi connectivity index (χ0) is 32.0. The highest BCUT2D eigenvalue weighted by molar-refractivity contribution is 8.14. The Morgan fingerprint density at radius 3 is 2.56 bits per heavy atom. The number of thioether (sulfide) groups is 1. The smallest absolute Gasteiger partial charge is 0.406 e. The van der Waals surface area contributed by atoms with Gasteiger partial charge in [-0.25, -0.2) is 14.5 Å². The Hall–Kier alpha value is -4.32. The third kappa shape index (κ3) is 8.65. The fourth-order valence-corrected chi connectivity index (χ4v) is 6.00. The van der Waals surface area contributed by atoms with Crippen molar-refractivity contribution >= 4 is 28.6 Å². The summed E-state index contributed by atoms with van der Waals surface area (Å²) in [7, 11) is 0. The van der Waals surface area contributed by atoms with Gasteiger partial charge in [0.1, 0.15) is 12.1 Å². The molecule has 4 aromatic rings. The van der Waals surface area contributed by atoms with Gasteiger partial charge in [-0.15, -0.1) is 18.3 Å². The molecule has 0 radical (unpaired) electrons. The molecule has 2 heterocycles. The molecule has 45 heavy (non-hydrogen) atoms. The van der Waals surface area contributed by atoms with Crippen LogP contribution in [0.1, 0.15) is 43.4 Å². The summed E-state index contributed by atoms with van der Waals surface area (Å²) < 4.78 is 42.7. The van der Waals surface area contributed by atoms with E-state index >= 15 is 0 Å². The van der Waals surface area contributed by atoms with Crippen molar-refractivity contribution in [3.63, 3.8) is 0 Å². The summed E-state index contributed by atoms with van der Waals surface area (Å²) >= 11 is 1.61. The monoisotopic (exact) mass is 636 g/mol. The number of hydrogen-bond acceptors (Lipinski definition) is 5. The van der Waals surface area contributed by atoms with Gasteiger partial charge in [-0.2, -0.15) is 4.99 Å². The van der Waals surface area contributed by atoms with Crippen LogP contribution in [0.2, 0.25) is 0 Å². The molecule has 1 aromatic heterocycles. The third-order valence-corrected chi connectivity index (χ3v) is 8.26. The van der Waals surface area contributed by atoms with Crippen LogP contribution in [0.15, 0.2) is 78.0 Å². The fourth-order valence-electron chi connectivity index (χ4n) is 5.05. The maximum atomic E-state index is 12.8. The van der Waals surface area contributed by atoms with Crippen LogP contribution in [0.4, 0.5) is 23.7 Å². The van der Waals surface area contributed by atoms with Crippen LogP contribution in [-0.4, -0.2) is 50.7 Å². The second kappa shape index (κ2) is 14.2. The molecular weight excluding hydrogens is 601 g/mol. The number of halogens is 3. The first-order valence-electron chi connectivity index (χ1n) is 14.8. The number of nitrogens with zero attached hydrogens (tertiary/aromatic N) is 5. The molecule has 1 saturated heterocycles. The lowest BCUT2D eigenvalue weighted by atomic mass is 10.0. The van der Waals surface area contributed by atoms with E-state index < -0.39 is 6.36 Å². The first kappa shape index (κ1) is 32.1.